The number of aliphatic carboxylic acids is 1. The molecule has 36 heavy (non-hydrogen) atoms. The number of carboxylic acids is 1. The molecule has 2 unspecified atom stereocenters. The molecule has 0 fully saturated rings. The van der Waals surface area contributed by atoms with E-state index < -0.39 is 23.5 Å². The van der Waals surface area contributed by atoms with Gasteiger partial charge in [-0.3, -0.25) is 4.79 Å². The standard InChI is InChI=1S/C30H23F2NO2S/c1-18(30(34)35)17-36-29-24-5-3-2-4-20(24)9-10-21-8-6-19(14-25(21)29)7-12-23-13-11-22-15-26(31)27(32)16-28(22)33-23/h2-16,18,29H,17H2,1H3,(H,34,35)/b12-7+. The highest BCUT2D eigenvalue weighted by Crippen LogP contribution is 2.43. The molecule has 4 aromatic rings. The Labute approximate surface area is 212 Å². The van der Waals surface area contributed by atoms with Gasteiger partial charge < -0.3 is 5.11 Å². The summed E-state index contributed by atoms with van der Waals surface area (Å²) < 4.78 is 27.1. The van der Waals surface area contributed by atoms with Crippen LogP contribution in [0.5, 0.6) is 0 Å². The number of rotatable bonds is 6. The van der Waals surface area contributed by atoms with Crippen LogP contribution in [0.2, 0.25) is 0 Å². The van der Waals surface area contributed by atoms with E-state index in [4.69, 9.17) is 0 Å². The SMILES string of the molecule is CC(CSC1c2ccccc2C=Cc2ccc(/C=C/c3ccc4cc(F)c(F)cc4n3)cc21)C(=O)O. The number of aromatic nitrogens is 1. The summed E-state index contributed by atoms with van der Waals surface area (Å²) in [6, 6.07) is 20.1. The molecule has 1 aromatic heterocycles. The van der Waals surface area contributed by atoms with Crippen LogP contribution in [-0.2, 0) is 4.79 Å². The smallest absolute Gasteiger partial charge is 0.307 e. The van der Waals surface area contributed by atoms with Crippen molar-refractivity contribution in [1.29, 1.82) is 0 Å². The lowest BCUT2D eigenvalue weighted by atomic mass is 9.97. The van der Waals surface area contributed by atoms with E-state index in [1.807, 2.05) is 30.4 Å². The Morgan fingerprint density at radius 1 is 0.972 bits per heavy atom. The number of hydrogen-bond donors (Lipinski definition) is 1. The average Bonchev–Trinajstić information content (AvgIpc) is 3.03. The van der Waals surface area contributed by atoms with Crippen molar-refractivity contribution in [2.24, 2.45) is 5.92 Å². The van der Waals surface area contributed by atoms with Gasteiger partial charge in [0.05, 0.1) is 22.4 Å². The zero-order valence-electron chi connectivity index (χ0n) is 19.5. The molecule has 0 saturated heterocycles. The predicted octanol–water partition coefficient (Wildman–Crippen LogP) is 7.71. The molecule has 1 N–H and O–H groups in total. The first kappa shape index (κ1) is 23.9. The van der Waals surface area contributed by atoms with Gasteiger partial charge in [-0.1, -0.05) is 67.6 Å². The monoisotopic (exact) mass is 499 g/mol. The van der Waals surface area contributed by atoms with Crippen LogP contribution in [0.25, 0.3) is 35.2 Å². The van der Waals surface area contributed by atoms with Crippen LogP contribution in [0.1, 0.15) is 45.7 Å². The highest BCUT2D eigenvalue weighted by Gasteiger charge is 2.24. The summed E-state index contributed by atoms with van der Waals surface area (Å²) in [5, 5.41) is 9.92. The zero-order chi connectivity index (χ0) is 25.2. The van der Waals surface area contributed by atoms with E-state index in [1.165, 1.54) is 0 Å². The largest absolute Gasteiger partial charge is 0.481 e. The molecule has 0 radical (unpaired) electrons. The molecule has 1 aliphatic carbocycles. The summed E-state index contributed by atoms with van der Waals surface area (Å²) >= 11 is 1.64. The van der Waals surface area contributed by atoms with Crippen LogP contribution >= 0.6 is 11.8 Å². The second-order valence-corrected chi connectivity index (χ2v) is 9.97. The summed E-state index contributed by atoms with van der Waals surface area (Å²) in [5.74, 6) is -2.58. The number of halogens is 2. The number of fused-ring (bicyclic) bond motifs is 3. The van der Waals surface area contributed by atoms with Crippen molar-refractivity contribution < 1.29 is 18.7 Å². The van der Waals surface area contributed by atoms with Gasteiger partial charge in [0.2, 0.25) is 0 Å². The van der Waals surface area contributed by atoms with E-state index in [9.17, 15) is 18.7 Å². The maximum atomic E-state index is 13.7. The predicted molar refractivity (Wildman–Crippen MR) is 143 cm³/mol. The lowest BCUT2D eigenvalue weighted by Crippen LogP contribution is -2.13. The summed E-state index contributed by atoms with van der Waals surface area (Å²) in [5.41, 5.74) is 6.47. The molecule has 0 saturated carbocycles. The van der Waals surface area contributed by atoms with E-state index >= 15 is 0 Å². The Balaban J connectivity index is 1.49. The maximum Gasteiger partial charge on any atom is 0.307 e. The molecule has 0 aliphatic heterocycles. The number of hydrogen-bond acceptors (Lipinski definition) is 3. The van der Waals surface area contributed by atoms with Gasteiger partial charge in [-0.25, -0.2) is 13.8 Å². The summed E-state index contributed by atoms with van der Waals surface area (Å²) in [6.07, 6.45) is 7.99. The van der Waals surface area contributed by atoms with Crippen LogP contribution < -0.4 is 0 Å². The van der Waals surface area contributed by atoms with E-state index in [0.29, 0.717) is 22.3 Å². The minimum absolute atomic E-state index is 0.0157. The zero-order valence-corrected chi connectivity index (χ0v) is 20.3. The Bertz CT molecular complexity index is 1530. The average molecular weight is 500 g/mol. The molecule has 1 aliphatic rings. The van der Waals surface area contributed by atoms with Crippen LogP contribution in [0, 0.1) is 17.6 Å². The van der Waals surface area contributed by atoms with Gasteiger partial charge >= 0.3 is 5.97 Å². The number of carboxylic acid groups (broad SMARTS) is 1. The number of pyridine rings is 1. The molecule has 0 bridgehead atoms. The van der Waals surface area contributed by atoms with Gasteiger partial charge in [0, 0.05) is 17.2 Å². The first-order valence-corrected chi connectivity index (χ1v) is 12.6. The lowest BCUT2D eigenvalue weighted by Gasteiger charge is -2.21. The molecule has 180 valence electrons. The van der Waals surface area contributed by atoms with Crippen LogP contribution in [0.3, 0.4) is 0 Å². The van der Waals surface area contributed by atoms with E-state index in [2.05, 4.69) is 41.4 Å². The van der Waals surface area contributed by atoms with Crippen LogP contribution in [0.15, 0.2) is 66.7 Å². The highest BCUT2D eigenvalue weighted by molar-refractivity contribution is 7.99. The quantitative estimate of drug-likeness (QED) is 0.295. The van der Waals surface area contributed by atoms with Crippen molar-refractivity contribution in [2.45, 2.75) is 12.2 Å². The first-order chi connectivity index (χ1) is 17.4. The van der Waals surface area contributed by atoms with Gasteiger partial charge in [0.25, 0.3) is 0 Å². The molecule has 6 heteroatoms. The lowest BCUT2D eigenvalue weighted by molar-refractivity contribution is -0.140. The summed E-state index contributed by atoms with van der Waals surface area (Å²) in [4.78, 5) is 15.9. The third kappa shape index (κ3) is 4.95. The third-order valence-corrected chi connectivity index (χ3v) is 7.78. The molecule has 3 nitrogen and oxygen atoms in total. The van der Waals surface area contributed by atoms with E-state index in [0.717, 1.165) is 39.9 Å². The van der Waals surface area contributed by atoms with Gasteiger partial charge in [-0.2, -0.15) is 0 Å². The third-order valence-electron chi connectivity index (χ3n) is 6.25. The Morgan fingerprint density at radius 3 is 2.53 bits per heavy atom. The number of benzene rings is 3. The fourth-order valence-electron chi connectivity index (χ4n) is 4.22. The van der Waals surface area contributed by atoms with Gasteiger partial charge in [-0.05, 0) is 52.1 Å². The summed E-state index contributed by atoms with van der Waals surface area (Å²) in [6.45, 7) is 1.73. The van der Waals surface area contributed by atoms with Crippen molar-refractivity contribution in [3.05, 3.63) is 112 Å². The second-order valence-electron chi connectivity index (χ2n) is 8.83. The molecular weight excluding hydrogens is 476 g/mol. The number of thioether (sulfide) groups is 1. The van der Waals surface area contributed by atoms with Crippen molar-refractivity contribution in [3.63, 3.8) is 0 Å². The molecule has 0 spiro atoms. The summed E-state index contributed by atoms with van der Waals surface area (Å²) in [7, 11) is 0. The Morgan fingerprint density at radius 2 is 1.72 bits per heavy atom. The minimum Gasteiger partial charge on any atom is -0.481 e. The Hall–Kier alpha value is -3.77. The van der Waals surface area contributed by atoms with E-state index in [-0.39, 0.29) is 5.25 Å². The highest BCUT2D eigenvalue weighted by atomic mass is 32.2. The molecule has 2 atom stereocenters. The molecular formula is C30H23F2NO2S. The Kier molecular flexibility index (Phi) is 6.70. The molecule has 5 rings (SSSR count). The van der Waals surface area contributed by atoms with Crippen LogP contribution in [-0.4, -0.2) is 21.8 Å². The van der Waals surface area contributed by atoms with Crippen molar-refractivity contribution >= 4 is 52.9 Å². The first-order valence-electron chi connectivity index (χ1n) is 11.6. The molecule has 3 aromatic carbocycles. The van der Waals surface area contributed by atoms with E-state index in [1.54, 1.807) is 30.8 Å². The van der Waals surface area contributed by atoms with Crippen molar-refractivity contribution in [2.75, 3.05) is 5.75 Å². The van der Waals surface area contributed by atoms with Gasteiger partial charge in [0.15, 0.2) is 11.6 Å². The number of nitrogens with zero attached hydrogens (tertiary/aromatic N) is 1. The molecule has 0 amide bonds. The second kappa shape index (κ2) is 10.1. The number of carbonyl (C=O) groups is 1. The minimum atomic E-state index is -0.920. The fraction of sp³-hybridized carbons (Fsp3) is 0.133. The topological polar surface area (TPSA) is 50.2 Å². The van der Waals surface area contributed by atoms with Gasteiger partial charge in [-0.15, -0.1) is 11.8 Å². The normalized spacial score (nSPS) is 15.5. The van der Waals surface area contributed by atoms with Crippen molar-refractivity contribution in [1.82, 2.24) is 4.98 Å². The van der Waals surface area contributed by atoms with Crippen LogP contribution in [0.4, 0.5) is 8.78 Å². The van der Waals surface area contributed by atoms with Gasteiger partial charge in [0.1, 0.15) is 0 Å². The molecule has 1 heterocycles. The fourth-order valence-corrected chi connectivity index (χ4v) is 5.63. The maximum absolute atomic E-state index is 13.7. The van der Waals surface area contributed by atoms with Crippen molar-refractivity contribution in [3.8, 4) is 0 Å².